The van der Waals surface area contributed by atoms with Crippen LogP contribution in [0.1, 0.15) is 18.4 Å². The van der Waals surface area contributed by atoms with Crippen LogP contribution in [0, 0.1) is 11.3 Å². The molecule has 3 amide bonds. The topological polar surface area (TPSA) is 80.5 Å². The van der Waals surface area contributed by atoms with Crippen LogP contribution in [0.5, 0.6) is 0 Å². The summed E-state index contributed by atoms with van der Waals surface area (Å²) in [6.45, 7) is 1.65. The van der Waals surface area contributed by atoms with Crippen LogP contribution in [0.4, 0.5) is 16.3 Å². The molecule has 2 aliphatic heterocycles. The minimum absolute atomic E-state index is 0.0461. The highest BCUT2D eigenvalue weighted by molar-refractivity contribution is 6.19. The molecule has 4 rings (SSSR count). The van der Waals surface area contributed by atoms with E-state index in [9.17, 15) is 9.59 Å². The number of imide groups is 1. The summed E-state index contributed by atoms with van der Waals surface area (Å²) in [4.78, 5) is 34.7. The molecule has 1 aromatic heterocycles. The van der Waals surface area contributed by atoms with E-state index in [-0.39, 0.29) is 24.5 Å². The monoisotopic (exact) mass is 361 g/mol. The second-order valence-corrected chi connectivity index (χ2v) is 6.71. The molecule has 27 heavy (non-hydrogen) atoms. The minimum atomic E-state index is -0.235. The Morgan fingerprint density at radius 1 is 1.04 bits per heavy atom. The second kappa shape index (κ2) is 7.08. The first kappa shape index (κ1) is 17.0. The molecule has 0 spiro atoms. The third-order valence-corrected chi connectivity index (χ3v) is 5.11. The lowest BCUT2D eigenvalue weighted by molar-refractivity contribution is -0.116. The fourth-order valence-electron chi connectivity index (χ4n) is 3.68. The van der Waals surface area contributed by atoms with Gasteiger partial charge in [0.05, 0.1) is 11.3 Å². The van der Waals surface area contributed by atoms with E-state index in [1.165, 1.54) is 4.90 Å². The van der Waals surface area contributed by atoms with Crippen LogP contribution in [-0.4, -0.2) is 47.5 Å². The summed E-state index contributed by atoms with van der Waals surface area (Å²) in [6, 6.07) is 14.5. The summed E-state index contributed by atoms with van der Waals surface area (Å²) in [5.74, 6) is 0.657. The molecule has 2 saturated heterocycles. The fraction of sp³-hybridized carbons (Fsp3) is 0.300. The van der Waals surface area contributed by atoms with Crippen molar-refractivity contribution in [3.05, 3.63) is 54.2 Å². The van der Waals surface area contributed by atoms with Gasteiger partial charge in [-0.25, -0.2) is 14.7 Å². The smallest absolute Gasteiger partial charge is 0.332 e. The van der Waals surface area contributed by atoms with Gasteiger partial charge in [-0.1, -0.05) is 18.2 Å². The van der Waals surface area contributed by atoms with E-state index in [1.807, 2.05) is 24.3 Å². The summed E-state index contributed by atoms with van der Waals surface area (Å²) in [6.07, 6.45) is 3.13. The normalized spacial score (nSPS) is 18.1. The van der Waals surface area contributed by atoms with E-state index in [0.717, 1.165) is 31.7 Å². The Morgan fingerprint density at radius 2 is 1.78 bits per heavy atom. The zero-order valence-corrected chi connectivity index (χ0v) is 14.8. The number of benzene rings is 1. The Balaban J connectivity index is 1.42. The highest BCUT2D eigenvalue weighted by Gasteiger charge is 2.41. The van der Waals surface area contributed by atoms with Gasteiger partial charge < -0.3 is 9.80 Å². The van der Waals surface area contributed by atoms with Gasteiger partial charge in [0.25, 0.3) is 5.91 Å². The Bertz CT molecular complexity index is 883. The van der Waals surface area contributed by atoms with Gasteiger partial charge in [0.15, 0.2) is 0 Å². The number of nitriles is 1. The maximum Gasteiger partial charge on any atom is 0.332 e. The predicted molar refractivity (Wildman–Crippen MR) is 100 cm³/mol. The number of amides is 3. The molecule has 0 saturated carbocycles. The molecule has 7 nitrogen and oxygen atoms in total. The second-order valence-electron chi connectivity index (χ2n) is 6.71. The summed E-state index contributed by atoms with van der Waals surface area (Å²) in [5.41, 5.74) is 1.16. The molecule has 7 heteroatoms. The van der Waals surface area contributed by atoms with Crippen LogP contribution in [0.25, 0.3) is 0 Å². The van der Waals surface area contributed by atoms with Crippen molar-refractivity contribution in [3.63, 3.8) is 0 Å². The molecule has 2 aliphatic rings. The van der Waals surface area contributed by atoms with Gasteiger partial charge in [0, 0.05) is 25.3 Å². The van der Waals surface area contributed by atoms with Crippen LogP contribution in [0.15, 0.2) is 48.7 Å². The van der Waals surface area contributed by atoms with Gasteiger partial charge in [-0.05, 0) is 37.1 Å². The Kier molecular flexibility index (Phi) is 4.47. The van der Waals surface area contributed by atoms with Crippen molar-refractivity contribution in [1.29, 1.82) is 5.26 Å². The summed E-state index contributed by atoms with van der Waals surface area (Å²) in [5, 5.41) is 8.87. The number of rotatable bonds is 3. The van der Waals surface area contributed by atoms with Crippen molar-refractivity contribution in [1.82, 2.24) is 9.88 Å². The average molecular weight is 361 g/mol. The van der Waals surface area contributed by atoms with Crippen molar-refractivity contribution in [2.24, 2.45) is 0 Å². The fourth-order valence-corrected chi connectivity index (χ4v) is 3.68. The van der Waals surface area contributed by atoms with Gasteiger partial charge in [-0.3, -0.25) is 4.79 Å². The molecule has 0 aliphatic carbocycles. The highest BCUT2D eigenvalue weighted by atomic mass is 16.2. The number of pyridine rings is 1. The number of hydrogen-bond acceptors (Lipinski definition) is 5. The standard InChI is InChI=1S/C20H19N5O2/c21-12-15-6-7-18(22-13-15)23-10-8-16(9-11-23)24-14-19(26)25(20(24)27)17-4-2-1-3-5-17/h1-7,13,16H,8-11,14H2. The number of nitrogens with zero attached hydrogens (tertiary/aromatic N) is 5. The lowest BCUT2D eigenvalue weighted by Gasteiger charge is -2.36. The first-order chi connectivity index (χ1) is 13.2. The lowest BCUT2D eigenvalue weighted by atomic mass is 10.0. The quantitative estimate of drug-likeness (QED) is 0.784. The van der Waals surface area contributed by atoms with E-state index in [2.05, 4.69) is 16.0 Å². The average Bonchev–Trinajstić information content (AvgIpc) is 3.03. The predicted octanol–water partition coefficient (Wildman–Crippen LogP) is 2.39. The minimum Gasteiger partial charge on any atom is -0.356 e. The molecule has 3 heterocycles. The molecule has 0 bridgehead atoms. The van der Waals surface area contributed by atoms with Crippen LogP contribution in [0.2, 0.25) is 0 Å². The van der Waals surface area contributed by atoms with Gasteiger partial charge in [0.1, 0.15) is 18.4 Å². The van der Waals surface area contributed by atoms with Crippen LogP contribution >= 0.6 is 0 Å². The van der Waals surface area contributed by atoms with Crippen molar-refractivity contribution in [2.75, 3.05) is 29.4 Å². The molecule has 2 aromatic rings. The number of urea groups is 1. The van der Waals surface area contributed by atoms with E-state index in [1.54, 1.807) is 29.3 Å². The summed E-state index contributed by atoms with van der Waals surface area (Å²) < 4.78 is 0. The maximum absolute atomic E-state index is 12.8. The number of carbonyl (C=O) groups excluding carboxylic acids is 2. The molecule has 0 N–H and O–H groups in total. The molecule has 0 radical (unpaired) electrons. The van der Waals surface area contributed by atoms with E-state index in [4.69, 9.17) is 5.26 Å². The van der Waals surface area contributed by atoms with Gasteiger partial charge in [-0.15, -0.1) is 0 Å². The Hall–Kier alpha value is -3.40. The largest absolute Gasteiger partial charge is 0.356 e. The lowest BCUT2D eigenvalue weighted by Crippen LogP contribution is -2.46. The first-order valence-corrected chi connectivity index (χ1v) is 8.97. The molecular formula is C20H19N5O2. The number of hydrogen-bond donors (Lipinski definition) is 0. The number of para-hydroxylation sites is 1. The Morgan fingerprint density at radius 3 is 2.41 bits per heavy atom. The first-order valence-electron chi connectivity index (χ1n) is 8.97. The van der Waals surface area contributed by atoms with Crippen molar-refractivity contribution >= 4 is 23.4 Å². The number of piperidine rings is 1. The van der Waals surface area contributed by atoms with Crippen molar-refractivity contribution in [3.8, 4) is 6.07 Å². The number of aromatic nitrogens is 1. The van der Waals surface area contributed by atoms with Gasteiger partial charge in [-0.2, -0.15) is 5.26 Å². The van der Waals surface area contributed by atoms with E-state index < -0.39 is 0 Å². The van der Waals surface area contributed by atoms with Gasteiger partial charge in [0.2, 0.25) is 0 Å². The molecular weight excluding hydrogens is 342 g/mol. The van der Waals surface area contributed by atoms with E-state index >= 15 is 0 Å². The summed E-state index contributed by atoms with van der Waals surface area (Å²) in [7, 11) is 0. The third-order valence-electron chi connectivity index (χ3n) is 5.11. The number of anilines is 2. The zero-order valence-electron chi connectivity index (χ0n) is 14.8. The Labute approximate surface area is 157 Å². The molecule has 1 aromatic carbocycles. The molecule has 136 valence electrons. The zero-order chi connectivity index (χ0) is 18.8. The van der Waals surface area contributed by atoms with Crippen LogP contribution in [0.3, 0.4) is 0 Å². The molecule has 2 fully saturated rings. The maximum atomic E-state index is 12.8. The van der Waals surface area contributed by atoms with Gasteiger partial charge >= 0.3 is 6.03 Å². The van der Waals surface area contributed by atoms with Crippen molar-refractivity contribution in [2.45, 2.75) is 18.9 Å². The molecule has 0 atom stereocenters. The van der Waals surface area contributed by atoms with E-state index in [0.29, 0.717) is 11.3 Å². The molecule has 0 unspecified atom stereocenters. The SMILES string of the molecule is N#Cc1ccc(N2CCC(N3CC(=O)N(c4ccccc4)C3=O)CC2)nc1. The third kappa shape index (κ3) is 3.22. The number of carbonyl (C=O) groups is 2. The summed E-state index contributed by atoms with van der Waals surface area (Å²) >= 11 is 0. The van der Waals surface area contributed by atoms with Crippen molar-refractivity contribution < 1.29 is 9.59 Å². The van der Waals surface area contributed by atoms with Crippen LogP contribution in [-0.2, 0) is 4.79 Å². The van der Waals surface area contributed by atoms with Crippen LogP contribution < -0.4 is 9.80 Å². The highest BCUT2D eigenvalue weighted by Crippen LogP contribution is 2.27.